The minimum atomic E-state index is -1.28. The Hall–Kier alpha value is -1.26. The second kappa shape index (κ2) is 7.50. The Labute approximate surface area is 128 Å². The van der Waals surface area contributed by atoms with E-state index in [1.807, 2.05) is 44.2 Å². The van der Waals surface area contributed by atoms with Crippen LogP contribution in [0.2, 0.25) is 0 Å². The van der Waals surface area contributed by atoms with E-state index in [0.717, 1.165) is 5.56 Å². The molecule has 1 aromatic carbocycles. The number of hydrogen-bond donors (Lipinski definition) is 2. The molecular formula is C14H17Cl2NO3. The van der Waals surface area contributed by atoms with Crippen molar-refractivity contribution in [3.8, 4) is 0 Å². The van der Waals surface area contributed by atoms with Crippen LogP contribution in [0.25, 0.3) is 0 Å². The van der Waals surface area contributed by atoms with Crippen molar-refractivity contribution in [3.63, 3.8) is 0 Å². The molecule has 0 heterocycles. The fourth-order valence-corrected chi connectivity index (χ4v) is 2.52. The normalized spacial score (nSPS) is 14.1. The quantitative estimate of drug-likeness (QED) is 0.790. The topological polar surface area (TPSA) is 66.4 Å². The maximum atomic E-state index is 12.1. The Morgan fingerprint density at radius 3 is 2.10 bits per heavy atom. The molecule has 0 fully saturated rings. The average Bonchev–Trinajstić information content (AvgIpc) is 2.37. The molecule has 4 nitrogen and oxygen atoms in total. The van der Waals surface area contributed by atoms with E-state index in [1.54, 1.807) is 0 Å². The number of rotatable bonds is 6. The van der Waals surface area contributed by atoms with Gasteiger partial charge in [-0.25, -0.2) is 4.79 Å². The lowest BCUT2D eigenvalue weighted by molar-refractivity contribution is -0.120. The molecule has 6 heteroatoms. The van der Waals surface area contributed by atoms with Crippen LogP contribution < -0.4 is 5.32 Å². The minimum absolute atomic E-state index is 0.0327. The summed E-state index contributed by atoms with van der Waals surface area (Å²) in [4.78, 5) is 21.8. The number of Topliss-reactive ketones (excluding diaryl/α,β-unsaturated/α-hetero) is 1. The third-order valence-corrected chi connectivity index (χ3v) is 3.49. The van der Waals surface area contributed by atoms with E-state index in [1.165, 1.54) is 0 Å². The summed E-state index contributed by atoms with van der Waals surface area (Å²) in [5, 5.41) is 11.2. The van der Waals surface area contributed by atoms with Gasteiger partial charge >= 0.3 is 6.09 Å². The first-order valence-electron chi connectivity index (χ1n) is 6.21. The summed E-state index contributed by atoms with van der Waals surface area (Å²) in [6.45, 7) is 3.83. The predicted molar refractivity (Wildman–Crippen MR) is 79.5 cm³/mol. The Balaban J connectivity index is 3.18. The molecule has 0 saturated carbocycles. The van der Waals surface area contributed by atoms with Gasteiger partial charge in [0, 0.05) is 5.92 Å². The Morgan fingerprint density at radius 1 is 1.15 bits per heavy atom. The summed E-state index contributed by atoms with van der Waals surface area (Å²) in [5.74, 6) is -0.844. The van der Waals surface area contributed by atoms with E-state index < -0.39 is 22.8 Å². The largest absolute Gasteiger partial charge is 0.465 e. The first-order chi connectivity index (χ1) is 9.34. The number of carbonyl (C=O) groups is 2. The maximum Gasteiger partial charge on any atom is 0.405 e. The van der Waals surface area contributed by atoms with Gasteiger partial charge in [0.1, 0.15) is 6.04 Å². The van der Waals surface area contributed by atoms with Gasteiger partial charge in [-0.05, 0) is 11.5 Å². The van der Waals surface area contributed by atoms with Crippen molar-refractivity contribution in [1.29, 1.82) is 0 Å². The van der Waals surface area contributed by atoms with E-state index in [9.17, 15) is 9.59 Å². The van der Waals surface area contributed by atoms with Gasteiger partial charge in [0.05, 0.1) is 0 Å². The molecule has 1 aromatic rings. The van der Waals surface area contributed by atoms with Crippen LogP contribution in [-0.4, -0.2) is 27.9 Å². The molecule has 2 N–H and O–H groups in total. The molecule has 0 aromatic heterocycles. The predicted octanol–water partition coefficient (Wildman–Crippen LogP) is 3.44. The molecule has 1 unspecified atom stereocenters. The maximum absolute atomic E-state index is 12.1. The van der Waals surface area contributed by atoms with Crippen LogP contribution in [0, 0.1) is 5.92 Å². The monoisotopic (exact) mass is 317 g/mol. The van der Waals surface area contributed by atoms with Crippen LogP contribution >= 0.6 is 23.2 Å². The van der Waals surface area contributed by atoms with E-state index >= 15 is 0 Å². The minimum Gasteiger partial charge on any atom is -0.465 e. The van der Waals surface area contributed by atoms with Gasteiger partial charge in [-0.1, -0.05) is 67.4 Å². The number of halogens is 2. The zero-order chi connectivity index (χ0) is 15.3. The summed E-state index contributed by atoms with van der Waals surface area (Å²) in [5.41, 5.74) is 0.864. The molecule has 0 spiro atoms. The second-order valence-electron chi connectivity index (χ2n) is 4.81. The first kappa shape index (κ1) is 16.8. The van der Waals surface area contributed by atoms with Crippen molar-refractivity contribution in [1.82, 2.24) is 5.32 Å². The molecule has 110 valence electrons. The molecule has 0 aliphatic carbocycles. The van der Waals surface area contributed by atoms with Crippen LogP contribution in [0.3, 0.4) is 0 Å². The SMILES string of the molecule is CC(C)C(c1ccccc1)[C@H](NC(=O)O)C(=O)C(Cl)Cl. The second-order valence-corrected chi connectivity index (χ2v) is 5.91. The standard InChI is InChI=1S/C14H17Cl2NO3/c1-8(2)10(9-6-4-3-5-7-9)11(17-14(19)20)12(18)13(15)16/h3-8,10-11,13,17H,1-2H3,(H,19,20)/t10?,11-/m0/s1. The van der Waals surface area contributed by atoms with E-state index in [2.05, 4.69) is 5.32 Å². The van der Waals surface area contributed by atoms with Crippen molar-refractivity contribution in [2.45, 2.75) is 30.6 Å². The van der Waals surface area contributed by atoms with Gasteiger partial charge < -0.3 is 10.4 Å². The van der Waals surface area contributed by atoms with E-state index in [0.29, 0.717) is 0 Å². The fourth-order valence-electron chi connectivity index (χ4n) is 2.24. The highest BCUT2D eigenvalue weighted by Gasteiger charge is 2.35. The number of hydrogen-bond acceptors (Lipinski definition) is 2. The Kier molecular flexibility index (Phi) is 6.30. The highest BCUT2D eigenvalue weighted by atomic mass is 35.5. The van der Waals surface area contributed by atoms with Crippen LogP contribution in [0.15, 0.2) is 30.3 Å². The van der Waals surface area contributed by atoms with E-state index in [4.69, 9.17) is 28.3 Å². The number of carboxylic acid groups (broad SMARTS) is 1. The molecule has 0 radical (unpaired) electrons. The molecular weight excluding hydrogens is 301 g/mol. The van der Waals surface area contributed by atoms with Crippen LogP contribution in [0.1, 0.15) is 25.3 Å². The first-order valence-corrected chi connectivity index (χ1v) is 7.08. The summed E-state index contributed by atoms with van der Waals surface area (Å²) < 4.78 is 0. The average molecular weight is 318 g/mol. The van der Waals surface area contributed by atoms with Crippen molar-refractivity contribution >= 4 is 35.1 Å². The third-order valence-electron chi connectivity index (χ3n) is 3.06. The Bertz CT molecular complexity index is 463. The molecule has 0 aliphatic rings. The van der Waals surface area contributed by atoms with Gasteiger partial charge in [-0.2, -0.15) is 0 Å². The van der Waals surface area contributed by atoms with Gasteiger partial charge in [-0.15, -0.1) is 0 Å². The number of amides is 1. The van der Waals surface area contributed by atoms with E-state index in [-0.39, 0.29) is 11.8 Å². The molecule has 0 bridgehead atoms. The Morgan fingerprint density at radius 2 is 1.70 bits per heavy atom. The van der Waals surface area contributed by atoms with Crippen molar-refractivity contribution in [3.05, 3.63) is 35.9 Å². The molecule has 0 aliphatic heterocycles. The van der Waals surface area contributed by atoms with Gasteiger partial charge in [0.15, 0.2) is 10.6 Å². The zero-order valence-corrected chi connectivity index (χ0v) is 12.7. The van der Waals surface area contributed by atoms with Crippen LogP contribution in [-0.2, 0) is 4.79 Å². The highest BCUT2D eigenvalue weighted by Crippen LogP contribution is 2.30. The smallest absolute Gasteiger partial charge is 0.405 e. The molecule has 2 atom stereocenters. The zero-order valence-electron chi connectivity index (χ0n) is 11.2. The number of ketones is 1. The lowest BCUT2D eigenvalue weighted by Gasteiger charge is -2.29. The number of alkyl halides is 2. The summed E-state index contributed by atoms with van der Waals surface area (Å²) in [6.07, 6.45) is -1.28. The molecule has 0 saturated heterocycles. The van der Waals surface area contributed by atoms with Crippen molar-refractivity contribution in [2.75, 3.05) is 0 Å². The van der Waals surface area contributed by atoms with Gasteiger partial charge in [-0.3, -0.25) is 4.79 Å². The van der Waals surface area contributed by atoms with Crippen molar-refractivity contribution in [2.24, 2.45) is 5.92 Å². The third kappa shape index (κ3) is 4.39. The van der Waals surface area contributed by atoms with Crippen LogP contribution in [0.4, 0.5) is 4.79 Å². The van der Waals surface area contributed by atoms with Crippen molar-refractivity contribution < 1.29 is 14.7 Å². The lowest BCUT2D eigenvalue weighted by atomic mass is 9.81. The summed E-state index contributed by atoms with van der Waals surface area (Å²) >= 11 is 11.3. The van der Waals surface area contributed by atoms with Gasteiger partial charge in [0.25, 0.3) is 0 Å². The number of carbonyl (C=O) groups excluding carboxylic acids is 1. The van der Waals surface area contributed by atoms with Crippen LogP contribution in [0.5, 0.6) is 0 Å². The van der Waals surface area contributed by atoms with Gasteiger partial charge in [0.2, 0.25) is 0 Å². The summed E-state index contributed by atoms with van der Waals surface area (Å²) in [7, 11) is 0. The fraction of sp³-hybridized carbons (Fsp3) is 0.429. The molecule has 1 amide bonds. The molecule has 20 heavy (non-hydrogen) atoms. The summed E-state index contributed by atoms with van der Waals surface area (Å²) in [6, 6.07) is 8.26. The lowest BCUT2D eigenvalue weighted by Crippen LogP contribution is -2.47. The highest BCUT2D eigenvalue weighted by molar-refractivity contribution is 6.54. The number of benzene rings is 1. The number of nitrogens with one attached hydrogen (secondary N) is 1. The molecule has 1 rings (SSSR count).